The van der Waals surface area contributed by atoms with Crippen LogP contribution in [0.1, 0.15) is 36.7 Å². The Hall–Kier alpha value is -2.53. The number of amides is 1. The third kappa shape index (κ3) is 5.49. The van der Waals surface area contributed by atoms with Crippen LogP contribution in [0.3, 0.4) is 0 Å². The van der Waals surface area contributed by atoms with Gasteiger partial charge >= 0.3 is 6.09 Å². The average Bonchev–Trinajstić information content (AvgIpc) is 2.55. The minimum absolute atomic E-state index is 0.0822. The number of hydrogen-bond donors (Lipinski definition) is 1. The normalized spacial score (nSPS) is 11.0. The SMILES string of the molecule is COc1ccc(CC(=O)c2ccccc2Cl)c(NC(=O)OC(C)(C)C)c1. The molecule has 0 saturated heterocycles. The standard InChI is InChI=1S/C20H22ClNO4/c1-20(2,3)26-19(24)22-17-12-14(25-4)10-9-13(17)11-18(23)15-7-5-6-8-16(15)21/h5-10,12H,11H2,1-4H3,(H,22,24). The molecule has 0 aromatic heterocycles. The zero-order valence-electron chi connectivity index (χ0n) is 15.3. The molecule has 0 aliphatic heterocycles. The number of rotatable bonds is 5. The molecule has 5 nitrogen and oxygen atoms in total. The van der Waals surface area contributed by atoms with E-state index in [4.69, 9.17) is 21.1 Å². The summed E-state index contributed by atoms with van der Waals surface area (Å²) >= 11 is 6.10. The Morgan fingerprint density at radius 2 is 1.81 bits per heavy atom. The molecule has 2 rings (SSSR count). The smallest absolute Gasteiger partial charge is 0.412 e. The largest absolute Gasteiger partial charge is 0.497 e. The van der Waals surface area contributed by atoms with E-state index in [1.54, 1.807) is 63.2 Å². The number of halogens is 1. The van der Waals surface area contributed by atoms with E-state index in [1.165, 1.54) is 7.11 Å². The number of carbonyl (C=O) groups excluding carboxylic acids is 2. The van der Waals surface area contributed by atoms with Crippen LogP contribution >= 0.6 is 11.6 Å². The highest BCUT2D eigenvalue weighted by Crippen LogP contribution is 2.26. The Morgan fingerprint density at radius 1 is 1.12 bits per heavy atom. The molecule has 0 heterocycles. The van der Waals surface area contributed by atoms with Gasteiger partial charge in [0.05, 0.1) is 17.8 Å². The van der Waals surface area contributed by atoms with E-state index in [1.807, 2.05) is 0 Å². The monoisotopic (exact) mass is 375 g/mol. The maximum atomic E-state index is 12.6. The van der Waals surface area contributed by atoms with Gasteiger partial charge in [0.2, 0.25) is 0 Å². The van der Waals surface area contributed by atoms with Crippen LogP contribution in [-0.4, -0.2) is 24.6 Å². The second kappa shape index (κ2) is 8.23. The first-order chi connectivity index (χ1) is 12.2. The van der Waals surface area contributed by atoms with Crippen LogP contribution in [0.25, 0.3) is 0 Å². The van der Waals surface area contributed by atoms with Gasteiger partial charge in [0.15, 0.2) is 5.78 Å². The molecule has 2 aromatic carbocycles. The number of ether oxygens (including phenoxy) is 2. The van der Waals surface area contributed by atoms with Crippen molar-refractivity contribution in [2.75, 3.05) is 12.4 Å². The van der Waals surface area contributed by atoms with Crippen LogP contribution in [0, 0.1) is 0 Å². The summed E-state index contributed by atoms with van der Waals surface area (Å²) < 4.78 is 10.5. The number of benzene rings is 2. The van der Waals surface area contributed by atoms with Crippen LogP contribution in [0.2, 0.25) is 5.02 Å². The van der Waals surface area contributed by atoms with E-state index in [-0.39, 0.29) is 12.2 Å². The summed E-state index contributed by atoms with van der Waals surface area (Å²) in [5.41, 5.74) is 0.907. The fourth-order valence-electron chi connectivity index (χ4n) is 2.32. The number of hydrogen-bond acceptors (Lipinski definition) is 4. The summed E-state index contributed by atoms with van der Waals surface area (Å²) in [5.74, 6) is 0.415. The summed E-state index contributed by atoms with van der Waals surface area (Å²) in [6, 6.07) is 12.0. The van der Waals surface area contributed by atoms with Crippen LogP contribution in [0.15, 0.2) is 42.5 Å². The fraction of sp³-hybridized carbons (Fsp3) is 0.300. The molecule has 1 N–H and O–H groups in total. The van der Waals surface area contributed by atoms with E-state index in [0.717, 1.165) is 0 Å². The van der Waals surface area contributed by atoms with Gasteiger partial charge in [-0.15, -0.1) is 0 Å². The maximum absolute atomic E-state index is 12.6. The molecule has 138 valence electrons. The summed E-state index contributed by atoms with van der Waals surface area (Å²) in [7, 11) is 1.53. The minimum atomic E-state index is -0.628. The highest BCUT2D eigenvalue weighted by molar-refractivity contribution is 6.34. The summed E-state index contributed by atoms with van der Waals surface area (Å²) in [4.78, 5) is 24.7. The summed E-state index contributed by atoms with van der Waals surface area (Å²) in [5, 5.41) is 3.08. The molecule has 1 amide bonds. The molecule has 0 unspecified atom stereocenters. The van der Waals surface area contributed by atoms with Crippen LogP contribution in [-0.2, 0) is 11.2 Å². The molecule has 0 spiro atoms. The lowest BCUT2D eigenvalue weighted by Gasteiger charge is -2.20. The molecule has 0 atom stereocenters. The fourth-order valence-corrected chi connectivity index (χ4v) is 2.56. The van der Waals surface area contributed by atoms with Crippen molar-refractivity contribution < 1.29 is 19.1 Å². The van der Waals surface area contributed by atoms with Crippen molar-refractivity contribution in [2.45, 2.75) is 32.8 Å². The van der Waals surface area contributed by atoms with E-state index < -0.39 is 11.7 Å². The molecule has 0 bridgehead atoms. The topological polar surface area (TPSA) is 64.6 Å². The van der Waals surface area contributed by atoms with E-state index in [0.29, 0.717) is 27.6 Å². The molecular weight excluding hydrogens is 354 g/mol. The molecule has 2 aromatic rings. The number of nitrogens with one attached hydrogen (secondary N) is 1. The molecule has 26 heavy (non-hydrogen) atoms. The van der Waals surface area contributed by atoms with Crippen molar-refractivity contribution >= 4 is 29.2 Å². The summed E-state index contributed by atoms with van der Waals surface area (Å²) in [6.45, 7) is 5.33. The maximum Gasteiger partial charge on any atom is 0.412 e. The molecule has 0 saturated carbocycles. The number of methoxy groups -OCH3 is 1. The number of anilines is 1. The zero-order valence-corrected chi connectivity index (χ0v) is 16.0. The summed E-state index contributed by atoms with van der Waals surface area (Å²) in [6.07, 6.45) is -0.518. The average molecular weight is 376 g/mol. The Kier molecular flexibility index (Phi) is 6.27. The molecule has 0 aliphatic carbocycles. The first kappa shape index (κ1) is 19.8. The van der Waals surface area contributed by atoms with Crippen LogP contribution < -0.4 is 10.1 Å². The zero-order chi connectivity index (χ0) is 19.3. The van der Waals surface area contributed by atoms with Gasteiger partial charge in [-0.2, -0.15) is 0 Å². The first-order valence-electron chi connectivity index (χ1n) is 8.14. The lowest BCUT2D eigenvalue weighted by molar-refractivity contribution is 0.0635. The molecule has 0 radical (unpaired) electrons. The van der Waals surface area contributed by atoms with Crippen molar-refractivity contribution in [3.63, 3.8) is 0 Å². The minimum Gasteiger partial charge on any atom is -0.497 e. The first-order valence-corrected chi connectivity index (χ1v) is 8.52. The van der Waals surface area contributed by atoms with Crippen LogP contribution in [0.5, 0.6) is 5.75 Å². The van der Waals surface area contributed by atoms with Gasteiger partial charge in [-0.05, 0) is 44.5 Å². The third-order valence-corrected chi connectivity index (χ3v) is 3.81. The van der Waals surface area contributed by atoms with Crippen molar-refractivity contribution in [3.8, 4) is 5.75 Å². The van der Waals surface area contributed by atoms with Gasteiger partial charge in [-0.1, -0.05) is 29.8 Å². The van der Waals surface area contributed by atoms with Crippen LogP contribution in [0.4, 0.5) is 10.5 Å². The number of Topliss-reactive ketones (excluding diaryl/α,β-unsaturated/α-hetero) is 1. The predicted molar refractivity (Wildman–Crippen MR) is 102 cm³/mol. The Labute approximate surface area is 158 Å². The molecule has 0 aliphatic rings. The van der Waals surface area contributed by atoms with Crippen molar-refractivity contribution in [1.82, 2.24) is 0 Å². The van der Waals surface area contributed by atoms with Crippen molar-refractivity contribution in [3.05, 3.63) is 58.6 Å². The third-order valence-electron chi connectivity index (χ3n) is 3.48. The second-order valence-corrected chi connectivity index (χ2v) is 7.14. The van der Waals surface area contributed by atoms with Gasteiger partial charge in [0, 0.05) is 18.1 Å². The Balaban J connectivity index is 2.26. The van der Waals surface area contributed by atoms with Crippen molar-refractivity contribution in [2.24, 2.45) is 0 Å². The number of carbonyl (C=O) groups is 2. The van der Waals surface area contributed by atoms with Gasteiger partial charge < -0.3 is 9.47 Å². The van der Waals surface area contributed by atoms with E-state index in [2.05, 4.69) is 5.32 Å². The molecular formula is C20H22ClNO4. The predicted octanol–water partition coefficient (Wildman–Crippen LogP) is 5.12. The number of ketones is 1. The van der Waals surface area contributed by atoms with Crippen molar-refractivity contribution in [1.29, 1.82) is 0 Å². The molecule has 0 fully saturated rings. The van der Waals surface area contributed by atoms with Gasteiger partial charge in [-0.3, -0.25) is 10.1 Å². The van der Waals surface area contributed by atoms with Gasteiger partial charge in [0.1, 0.15) is 11.4 Å². The van der Waals surface area contributed by atoms with Gasteiger partial charge in [0.25, 0.3) is 0 Å². The Bertz CT molecular complexity index is 812. The lowest BCUT2D eigenvalue weighted by Crippen LogP contribution is -2.27. The lowest BCUT2D eigenvalue weighted by atomic mass is 10.0. The second-order valence-electron chi connectivity index (χ2n) is 6.73. The highest BCUT2D eigenvalue weighted by atomic mass is 35.5. The molecule has 6 heteroatoms. The van der Waals surface area contributed by atoms with E-state index >= 15 is 0 Å². The van der Waals surface area contributed by atoms with Gasteiger partial charge in [-0.25, -0.2) is 4.79 Å². The quantitative estimate of drug-likeness (QED) is 0.736. The Morgan fingerprint density at radius 3 is 2.42 bits per heavy atom. The van der Waals surface area contributed by atoms with E-state index in [9.17, 15) is 9.59 Å². The highest BCUT2D eigenvalue weighted by Gasteiger charge is 2.19.